The number of nitrogens with one attached hydrogen (secondary N) is 2. The number of rotatable bonds is 9. The first-order valence-electron chi connectivity index (χ1n) is 8.69. The Balaban J connectivity index is 1.60. The van der Waals surface area contributed by atoms with Crippen LogP contribution >= 0.6 is 0 Å². The van der Waals surface area contributed by atoms with Crippen LogP contribution in [0.5, 0.6) is 5.75 Å². The monoisotopic (exact) mass is 329 g/mol. The summed E-state index contributed by atoms with van der Waals surface area (Å²) in [5, 5.41) is 18.2. The molecule has 2 N–H and O–H groups in total. The van der Waals surface area contributed by atoms with Crippen LogP contribution < -0.4 is 10.1 Å². The maximum atomic E-state index is 5.50. The van der Waals surface area contributed by atoms with Crippen LogP contribution in [0.3, 0.4) is 0 Å². The van der Waals surface area contributed by atoms with E-state index < -0.39 is 0 Å². The molecule has 130 valence electrons. The van der Waals surface area contributed by atoms with Gasteiger partial charge < -0.3 is 10.1 Å². The third kappa shape index (κ3) is 4.12. The van der Waals surface area contributed by atoms with E-state index in [9.17, 15) is 0 Å². The number of ether oxygens (including phenoxy) is 1. The summed E-state index contributed by atoms with van der Waals surface area (Å²) in [4.78, 5) is 0. The summed E-state index contributed by atoms with van der Waals surface area (Å²) in [5.74, 6) is 2.34. The third-order valence-corrected chi connectivity index (χ3v) is 5.06. The minimum absolute atomic E-state index is 0.303. The van der Waals surface area contributed by atoms with E-state index in [2.05, 4.69) is 51.9 Å². The van der Waals surface area contributed by atoms with Crippen LogP contribution in [0.15, 0.2) is 24.3 Å². The minimum Gasteiger partial charge on any atom is -0.496 e. The van der Waals surface area contributed by atoms with Gasteiger partial charge >= 0.3 is 0 Å². The molecule has 1 atom stereocenters. The van der Waals surface area contributed by atoms with Crippen LogP contribution in [0.2, 0.25) is 0 Å². The molecule has 1 saturated carbocycles. The van der Waals surface area contributed by atoms with Crippen LogP contribution in [0.4, 0.5) is 0 Å². The predicted molar refractivity (Wildman–Crippen MR) is 92.9 cm³/mol. The molecule has 0 amide bonds. The van der Waals surface area contributed by atoms with Gasteiger partial charge in [-0.1, -0.05) is 37.3 Å². The first-order chi connectivity index (χ1) is 11.6. The quantitative estimate of drug-likeness (QED) is 0.739. The van der Waals surface area contributed by atoms with Gasteiger partial charge in [0.25, 0.3) is 0 Å². The third-order valence-electron chi connectivity index (χ3n) is 5.06. The molecular formula is C18H27N5O. The van der Waals surface area contributed by atoms with E-state index in [1.807, 2.05) is 12.1 Å². The average Bonchev–Trinajstić information content (AvgIpc) is 3.14. The van der Waals surface area contributed by atoms with Crippen molar-refractivity contribution < 1.29 is 4.74 Å². The summed E-state index contributed by atoms with van der Waals surface area (Å²) < 4.78 is 5.50. The zero-order chi connectivity index (χ0) is 17.0. The Morgan fingerprint density at radius 1 is 1.29 bits per heavy atom. The molecule has 2 aromatic rings. The zero-order valence-corrected chi connectivity index (χ0v) is 14.7. The van der Waals surface area contributed by atoms with Crippen molar-refractivity contribution in [1.29, 1.82) is 0 Å². The average molecular weight is 329 g/mol. The Morgan fingerprint density at radius 2 is 2.08 bits per heavy atom. The Kier molecular flexibility index (Phi) is 5.14. The SMILES string of the molecule is COc1ccccc1CC(NCC1(Cc2nn[nH]n2)CC1)C(C)C. The summed E-state index contributed by atoms with van der Waals surface area (Å²) >= 11 is 0. The number of para-hydroxylation sites is 1. The number of benzene rings is 1. The molecule has 3 rings (SSSR count). The highest BCUT2D eigenvalue weighted by molar-refractivity contribution is 5.34. The number of hydrogen-bond acceptors (Lipinski definition) is 5. The van der Waals surface area contributed by atoms with Crippen LogP contribution in [-0.4, -0.2) is 40.3 Å². The van der Waals surface area contributed by atoms with Gasteiger partial charge in [-0.3, -0.25) is 0 Å². The van der Waals surface area contributed by atoms with Gasteiger partial charge in [0, 0.05) is 19.0 Å². The van der Waals surface area contributed by atoms with Crippen molar-refractivity contribution >= 4 is 0 Å². The van der Waals surface area contributed by atoms with Crippen molar-refractivity contribution in [3.63, 3.8) is 0 Å². The molecule has 6 nitrogen and oxygen atoms in total. The predicted octanol–water partition coefficient (Wildman–Crippen LogP) is 2.39. The maximum Gasteiger partial charge on any atom is 0.175 e. The van der Waals surface area contributed by atoms with Crippen molar-refractivity contribution in [3.05, 3.63) is 35.7 Å². The largest absolute Gasteiger partial charge is 0.496 e. The standard InChI is InChI=1S/C18H27N5O/c1-13(2)15(10-14-6-4-5-7-16(14)24-3)19-12-18(8-9-18)11-17-20-22-23-21-17/h4-7,13,15,19H,8-12H2,1-3H3,(H,20,21,22,23). The molecule has 1 unspecified atom stereocenters. The molecule has 1 fully saturated rings. The molecule has 1 aromatic heterocycles. The topological polar surface area (TPSA) is 75.7 Å². The van der Waals surface area contributed by atoms with E-state index in [0.717, 1.165) is 31.0 Å². The van der Waals surface area contributed by atoms with Crippen molar-refractivity contribution in [3.8, 4) is 5.75 Å². The molecule has 0 bridgehead atoms. The van der Waals surface area contributed by atoms with E-state index in [1.165, 1.54) is 18.4 Å². The number of hydrogen-bond donors (Lipinski definition) is 2. The van der Waals surface area contributed by atoms with Gasteiger partial charge in [-0.25, -0.2) is 0 Å². The molecular weight excluding hydrogens is 302 g/mol. The molecule has 0 radical (unpaired) electrons. The lowest BCUT2D eigenvalue weighted by atomic mass is 9.94. The first kappa shape index (κ1) is 16.9. The second kappa shape index (κ2) is 7.30. The first-order valence-corrected chi connectivity index (χ1v) is 8.69. The lowest BCUT2D eigenvalue weighted by Gasteiger charge is -2.26. The molecule has 1 aliphatic rings. The van der Waals surface area contributed by atoms with Crippen molar-refractivity contribution in [1.82, 2.24) is 25.9 Å². The van der Waals surface area contributed by atoms with Gasteiger partial charge in [0.15, 0.2) is 5.82 Å². The van der Waals surface area contributed by atoms with E-state index >= 15 is 0 Å². The summed E-state index contributed by atoms with van der Waals surface area (Å²) in [6.45, 7) is 5.54. The molecule has 0 aliphatic heterocycles. The molecule has 24 heavy (non-hydrogen) atoms. The smallest absolute Gasteiger partial charge is 0.175 e. The molecule has 1 aromatic carbocycles. The lowest BCUT2D eigenvalue weighted by molar-refractivity contribution is 0.340. The van der Waals surface area contributed by atoms with E-state index in [-0.39, 0.29) is 0 Å². The van der Waals surface area contributed by atoms with Gasteiger partial charge in [-0.05, 0) is 42.2 Å². The lowest BCUT2D eigenvalue weighted by Crippen LogP contribution is -2.40. The second-order valence-electron chi connectivity index (χ2n) is 7.25. The molecule has 0 spiro atoms. The van der Waals surface area contributed by atoms with E-state index in [1.54, 1.807) is 7.11 Å². The number of H-pyrrole nitrogens is 1. The molecule has 1 heterocycles. The number of aromatic nitrogens is 4. The Hall–Kier alpha value is -1.95. The summed E-state index contributed by atoms with van der Waals surface area (Å²) in [6.07, 6.45) is 4.33. The van der Waals surface area contributed by atoms with Crippen LogP contribution in [-0.2, 0) is 12.8 Å². The number of tetrazole rings is 1. The second-order valence-corrected chi connectivity index (χ2v) is 7.25. The number of methoxy groups -OCH3 is 1. The van der Waals surface area contributed by atoms with Gasteiger partial charge in [0.1, 0.15) is 5.75 Å². The number of nitrogens with zero attached hydrogens (tertiary/aromatic N) is 3. The molecule has 0 saturated heterocycles. The highest BCUT2D eigenvalue weighted by Gasteiger charge is 2.43. The van der Waals surface area contributed by atoms with Gasteiger partial charge in [0.2, 0.25) is 0 Å². The Bertz CT molecular complexity index is 637. The van der Waals surface area contributed by atoms with Crippen LogP contribution in [0.1, 0.15) is 38.1 Å². The van der Waals surface area contributed by atoms with Gasteiger partial charge in [-0.2, -0.15) is 5.21 Å². The maximum absolute atomic E-state index is 5.50. The Morgan fingerprint density at radius 3 is 2.71 bits per heavy atom. The Labute approximate surface area is 143 Å². The highest BCUT2D eigenvalue weighted by Crippen LogP contribution is 2.47. The zero-order valence-electron chi connectivity index (χ0n) is 14.7. The normalized spacial score (nSPS) is 17.0. The van der Waals surface area contributed by atoms with Crippen molar-refractivity contribution in [2.24, 2.45) is 11.3 Å². The highest BCUT2D eigenvalue weighted by atomic mass is 16.5. The molecule has 1 aliphatic carbocycles. The van der Waals surface area contributed by atoms with E-state index in [4.69, 9.17) is 4.74 Å². The summed E-state index contributed by atoms with van der Waals surface area (Å²) in [7, 11) is 1.74. The molecule has 6 heteroatoms. The summed E-state index contributed by atoms with van der Waals surface area (Å²) in [5.41, 5.74) is 1.56. The fourth-order valence-electron chi connectivity index (χ4n) is 3.19. The van der Waals surface area contributed by atoms with Crippen LogP contribution in [0, 0.1) is 11.3 Å². The van der Waals surface area contributed by atoms with Crippen molar-refractivity contribution in [2.45, 2.75) is 45.6 Å². The van der Waals surface area contributed by atoms with Crippen LogP contribution in [0.25, 0.3) is 0 Å². The van der Waals surface area contributed by atoms with Gasteiger partial charge in [-0.15, -0.1) is 10.2 Å². The fourth-order valence-corrected chi connectivity index (χ4v) is 3.19. The van der Waals surface area contributed by atoms with Gasteiger partial charge in [0.05, 0.1) is 7.11 Å². The summed E-state index contributed by atoms with van der Waals surface area (Å²) in [6, 6.07) is 8.70. The minimum atomic E-state index is 0.303. The van der Waals surface area contributed by atoms with E-state index in [0.29, 0.717) is 17.4 Å². The van der Waals surface area contributed by atoms with Crippen molar-refractivity contribution in [2.75, 3.05) is 13.7 Å². The fraction of sp³-hybridized carbons (Fsp3) is 0.611. The number of aromatic amines is 1.